The summed E-state index contributed by atoms with van der Waals surface area (Å²) < 4.78 is 28.7. The van der Waals surface area contributed by atoms with Crippen molar-refractivity contribution in [1.82, 2.24) is 0 Å². The summed E-state index contributed by atoms with van der Waals surface area (Å²) in [5.74, 6) is 5.35. The van der Waals surface area contributed by atoms with E-state index in [4.69, 9.17) is 0 Å². The Morgan fingerprint density at radius 3 is 2.22 bits per heavy atom. The molecule has 0 spiro atoms. The third-order valence-corrected chi connectivity index (χ3v) is 5.46. The van der Waals surface area contributed by atoms with E-state index in [0.717, 1.165) is 59.9 Å². The summed E-state index contributed by atoms with van der Waals surface area (Å²) in [6.07, 6.45) is 5.01. The number of benzene rings is 3. The number of rotatable bonds is 7. The zero-order valence-corrected chi connectivity index (χ0v) is 19.2. The highest BCUT2D eigenvalue weighted by molar-refractivity contribution is 7.78. The van der Waals surface area contributed by atoms with E-state index < -0.39 is 5.82 Å². The maximum absolute atomic E-state index is 14.5. The van der Waals surface area contributed by atoms with Gasteiger partial charge >= 0.3 is 0 Å². The minimum atomic E-state index is -0.449. The molecule has 0 atom stereocenters. The van der Waals surface area contributed by atoms with Crippen LogP contribution < -0.4 is 0 Å². The van der Waals surface area contributed by atoms with E-state index in [-0.39, 0.29) is 11.5 Å². The Kier molecular flexibility index (Phi) is 8.45. The van der Waals surface area contributed by atoms with Crippen molar-refractivity contribution in [3.63, 3.8) is 0 Å². The van der Waals surface area contributed by atoms with Gasteiger partial charge in [-0.3, -0.25) is 0 Å². The second kappa shape index (κ2) is 11.5. The first-order valence-corrected chi connectivity index (χ1v) is 11.3. The maximum atomic E-state index is 14.5. The lowest BCUT2D eigenvalue weighted by molar-refractivity contribution is 0.619. The van der Waals surface area contributed by atoms with Crippen LogP contribution in [-0.2, 0) is 12.8 Å². The van der Waals surface area contributed by atoms with Gasteiger partial charge in [-0.05, 0) is 90.1 Å². The van der Waals surface area contributed by atoms with Crippen molar-refractivity contribution >= 4 is 23.1 Å². The van der Waals surface area contributed by atoms with Crippen LogP contribution in [0.3, 0.4) is 0 Å². The zero-order valence-electron chi connectivity index (χ0n) is 18.3. The Hall–Kier alpha value is -3.12. The minimum Gasteiger partial charge on any atom is -0.206 e. The molecule has 0 aliphatic rings. The smallest absolute Gasteiger partial charge is 0.150 e. The second-order valence-corrected chi connectivity index (χ2v) is 7.80. The highest BCUT2D eigenvalue weighted by atomic mass is 32.1. The number of halogens is 2. The Balaban J connectivity index is 1.84. The standard InChI is InChI=1S/C28H25F2NS/c1-3-5-6-7-20-8-9-23(26(29)16-20)12-10-22-11-13-24(17-21(22)4-2)25-14-15-28(31-19-32)27(30)18-25/h8-9,11,13-18H,3-7H2,1-2H3. The average molecular weight is 446 g/mol. The Morgan fingerprint density at radius 1 is 0.812 bits per heavy atom. The van der Waals surface area contributed by atoms with Crippen molar-refractivity contribution in [2.45, 2.75) is 46.0 Å². The third-order valence-electron chi connectivity index (χ3n) is 5.37. The lowest BCUT2D eigenvalue weighted by Gasteiger charge is -2.08. The molecule has 0 aromatic heterocycles. The quantitative estimate of drug-likeness (QED) is 0.155. The van der Waals surface area contributed by atoms with Crippen molar-refractivity contribution in [1.29, 1.82) is 0 Å². The molecular formula is C28H25F2NS. The highest BCUT2D eigenvalue weighted by Gasteiger charge is 2.07. The highest BCUT2D eigenvalue weighted by Crippen LogP contribution is 2.27. The van der Waals surface area contributed by atoms with Crippen LogP contribution >= 0.6 is 12.2 Å². The molecule has 4 heteroatoms. The summed E-state index contributed by atoms with van der Waals surface area (Å²) in [5.41, 5.74) is 5.05. The molecular weight excluding hydrogens is 420 g/mol. The first-order chi connectivity index (χ1) is 15.5. The van der Waals surface area contributed by atoms with Gasteiger partial charge < -0.3 is 0 Å². The number of thiocarbonyl (C=S) groups is 1. The summed E-state index contributed by atoms with van der Waals surface area (Å²) in [4.78, 5) is 3.71. The van der Waals surface area contributed by atoms with Crippen LogP contribution in [0.1, 0.15) is 55.4 Å². The lowest BCUT2D eigenvalue weighted by Crippen LogP contribution is -1.92. The molecule has 0 heterocycles. The first-order valence-electron chi connectivity index (χ1n) is 10.9. The Labute approximate surface area is 194 Å². The van der Waals surface area contributed by atoms with Gasteiger partial charge in [0.25, 0.3) is 0 Å². The van der Waals surface area contributed by atoms with Gasteiger partial charge in [0.05, 0.1) is 10.7 Å². The summed E-state index contributed by atoms with van der Waals surface area (Å²) >= 11 is 4.54. The fourth-order valence-corrected chi connectivity index (χ4v) is 3.64. The molecule has 0 aliphatic carbocycles. The lowest BCUT2D eigenvalue weighted by atomic mass is 9.97. The SMILES string of the molecule is CCCCCc1ccc(C#Cc2ccc(-c3ccc(N=C=S)c(F)c3)cc2CC)c(F)c1. The predicted octanol–water partition coefficient (Wildman–Crippen LogP) is 8.06. The summed E-state index contributed by atoms with van der Waals surface area (Å²) in [6.45, 7) is 4.19. The number of hydrogen-bond acceptors (Lipinski definition) is 2. The first kappa shape index (κ1) is 23.5. The summed E-state index contributed by atoms with van der Waals surface area (Å²) in [6, 6.07) is 15.9. The molecule has 3 aromatic rings. The fraction of sp³-hybridized carbons (Fsp3) is 0.250. The van der Waals surface area contributed by atoms with Crippen molar-refractivity contribution in [2.24, 2.45) is 4.99 Å². The molecule has 0 amide bonds. The molecule has 0 N–H and O–H groups in total. The number of isothiocyanates is 1. The Morgan fingerprint density at radius 2 is 1.53 bits per heavy atom. The molecule has 0 radical (unpaired) electrons. The Bertz CT molecular complexity index is 1210. The molecule has 0 saturated heterocycles. The monoisotopic (exact) mass is 445 g/mol. The van der Waals surface area contributed by atoms with E-state index in [1.165, 1.54) is 6.07 Å². The van der Waals surface area contributed by atoms with E-state index in [0.29, 0.717) is 5.56 Å². The van der Waals surface area contributed by atoms with Gasteiger partial charge in [-0.2, -0.15) is 4.99 Å². The predicted molar refractivity (Wildman–Crippen MR) is 132 cm³/mol. The largest absolute Gasteiger partial charge is 0.206 e. The van der Waals surface area contributed by atoms with Gasteiger partial charge in [0, 0.05) is 5.56 Å². The third kappa shape index (κ3) is 5.98. The van der Waals surface area contributed by atoms with E-state index in [9.17, 15) is 8.78 Å². The van der Waals surface area contributed by atoms with Crippen molar-refractivity contribution in [2.75, 3.05) is 0 Å². The van der Waals surface area contributed by atoms with Gasteiger partial charge in [0.15, 0.2) is 0 Å². The van der Waals surface area contributed by atoms with Crippen LogP contribution in [0.4, 0.5) is 14.5 Å². The molecule has 162 valence electrons. The molecule has 0 aliphatic heterocycles. The van der Waals surface area contributed by atoms with Crippen LogP contribution in [0.15, 0.2) is 59.6 Å². The molecule has 32 heavy (non-hydrogen) atoms. The number of aryl methyl sites for hydroxylation is 2. The number of nitrogens with zero attached hydrogens (tertiary/aromatic N) is 1. The molecule has 0 bridgehead atoms. The summed E-state index contributed by atoms with van der Waals surface area (Å²) in [7, 11) is 0. The maximum Gasteiger partial charge on any atom is 0.150 e. The van der Waals surface area contributed by atoms with Crippen LogP contribution in [0.2, 0.25) is 0 Å². The molecule has 0 saturated carbocycles. The average Bonchev–Trinajstić information content (AvgIpc) is 2.80. The fourth-order valence-electron chi connectivity index (χ4n) is 3.54. The van der Waals surface area contributed by atoms with Gasteiger partial charge in [-0.1, -0.05) is 56.7 Å². The van der Waals surface area contributed by atoms with Crippen LogP contribution in [0.25, 0.3) is 11.1 Å². The topological polar surface area (TPSA) is 12.4 Å². The van der Waals surface area contributed by atoms with Crippen molar-refractivity contribution in [3.05, 3.63) is 88.5 Å². The molecule has 0 unspecified atom stereocenters. The van der Waals surface area contributed by atoms with Gasteiger partial charge in [-0.25, -0.2) is 8.78 Å². The number of hydrogen-bond donors (Lipinski definition) is 0. The van der Waals surface area contributed by atoms with Gasteiger partial charge in [0.1, 0.15) is 17.3 Å². The number of aliphatic imine (C=N–C) groups is 1. The van der Waals surface area contributed by atoms with E-state index >= 15 is 0 Å². The number of unbranched alkanes of at least 4 members (excludes halogenated alkanes) is 2. The molecule has 1 nitrogen and oxygen atoms in total. The van der Waals surface area contributed by atoms with E-state index in [1.54, 1.807) is 24.3 Å². The van der Waals surface area contributed by atoms with E-state index in [2.05, 4.69) is 41.1 Å². The second-order valence-electron chi connectivity index (χ2n) is 7.62. The van der Waals surface area contributed by atoms with Crippen molar-refractivity contribution < 1.29 is 8.78 Å². The van der Waals surface area contributed by atoms with Crippen LogP contribution in [0, 0.1) is 23.5 Å². The summed E-state index contributed by atoms with van der Waals surface area (Å²) in [5, 5.41) is 2.18. The van der Waals surface area contributed by atoms with Gasteiger partial charge in [-0.15, -0.1) is 0 Å². The normalized spacial score (nSPS) is 10.2. The minimum absolute atomic E-state index is 0.167. The van der Waals surface area contributed by atoms with Gasteiger partial charge in [0.2, 0.25) is 0 Å². The van der Waals surface area contributed by atoms with E-state index in [1.807, 2.05) is 31.2 Å². The van der Waals surface area contributed by atoms with Crippen LogP contribution in [-0.4, -0.2) is 5.16 Å². The zero-order chi connectivity index (χ0) is 22.9. The molecule has 3 rings (SSSR count). The van der Waals surface area contributed by atoms with Crippen molar-refractivity contribution in [3.8, 4) is 23.0 Å². The van der Waals surface area contributed by atoms with Crippen LogP contribution in [0.5, 0.6) is 0 Å². The molecule has 3 aromatic carbocycles. The molecule has 0 fully saturated rings.